The Morgan fingerprint density at radius 2 is 2.00 bits per heavy atom. The molecule has 0 radical (unpaired) electrons. The lowest BCUT2D eigenvalue weighted by Crippen LogP contribution is -2.08. The van der Waals surface area contributed by atoms with Crippen LogP contribution in [-0.2, 0) is 9.47 Å². The van der Waals surface area contributed by atoms with E-state index in [0.717, 1.165) is 5.69 Å². The number of ether oxygens (including phenoxy) is 2. The normalized spacial score (nSPS) is 12.5. The molecule has 0 aromatic heterocycles. The molecule has 1 aromatic carbocycles. The molecule has 1 unspecified atom stereocenters. The van der Waals surface area contributed by atoms with E-state index in [9.17, 15) is 0 Å². The van der Waals surface area contributed by atoms with Crippen molar-refractivity contribution in [1.29, 1.82) is 0 Å². The molecule has 84 valence electrons. The fourth-order valence-electron chi connectivity index (χ4n) is 1.48. The molecule has 3 heteroatoms. The second-order valence-corrected chi connectivity index (χ2v) is 3.34. The van der Waals surface area contributed by atoms with Gasteiger partial charge in [0.1, 0.15) is 0 Å². The van der Waals surface area contributed by atoms with E-state index in [1.54, 1.807) is 7.11 Å². The van der Waals surface area contributed by atoms with E-state index in [1.807, 2.05) is 32.2 Å². The van der Waals surface area contributed by atoms with Gasteiger partial charge in [-0.3, -0.25) is 0 Å². The molecule has 0 heterocycles. The van der Waals surface area contributed by atoms with Gasteiger partial charge in [0.2, 0.25) is 0 Å². The first kappa shape index (κ1) is 12.0. The number of anilines is 1. The van der Waals surface area contributed by atoms with Crippen LogP contribution in [0.2, 0.25) is 0 Å². The van der Waals surface area contributed by atoms with Crippen molar-refractivity contribution < 1.29 is 9.47 Å². The van der Waals surface area contributed by atoms with Crippen LogP contribution in [0.4, 0.5) is 5.69 Å². The van der Waals surface area contributed by atoms with Crippen molar-refractivity contribution in [1.82, 2.24) is 0 Å². The van der Waals surface area contributed by atoms with Crippen molar-refractivity contribution in [2.24, 2.45) is 0 Å². The van der Waals surface area contributed by atoms with E-state index in [4.69, 9.17) is 9.47 Å². The molecule has 0 aliphatic rings. The molecule has 0 saturated heterocycles. The summed E-state index contributed by atoms with van der Waals surface area (Å²) in [6, 6.07) is 8.15. The van der Waals surface area contributed by atoms with Gasteiger partial charge in [-0.15, -0.1) is 0 Å². The Kier molecular flexibility index (Phi) is 5.15. The Hall–Kier alpha value is -1.06. The highest BCUT2D eigenvalue weighted by molar-refractivity contribution is 5.51. The van der Waals surface area contributed by atoms with Crippen LogP contribution in [0.25, 0.3) is 0 Å². The molecule has 15 heavy (non-hydrogen) atoms. The lowest BCUT2D eigenvalue weighted by molar-refractivity contribution is 0.0259. The number of benzene rings is 1. The van der Waals surface area contributed by atoms with Crippen molar-refractivity contribution in [2.45, 2.75) is 13.0 Å². The first-order chi connectivity index (χ1) is 7.29. The van der Waals surface area contributed by atoms with Crippen LogP contribution in [-0.4, -0.2) is 27.4 Å². The molecule has 0 aliphatic carbocycles. The van der Waals surface area contributed by atoms with Gasteiger partial charge in [0.25, 0.3) is 0 Å². The number of hydrogen-bond acceptors (Lipinski definition) is 3. The van der Waals surface area contributed by atoms with E-state index in [0.29, 0.717) is 13.2 Å². The predicted octanol–water partition coefficient (Wildman–Crippen LogP) is 2.45. The van der Waals surface area contributed by atoms with Crippen LogP contribution in [0.5, 0.6) is 0 Å². The molecule has 0 saturated carbocycles. The smallest absolute Gasteiger partial charge is 0.0817 e. The standard InChI is InChI=1S/C12H19NO2/c1-10(15-9-8-14-3)11-6-4-5-7-12(11)13-2/h4-7,10,13H,8-9H2,1-3H3. The Morgan fingerprint density at radius 1 is 1.27 bits per heavy atom. The summed E-state index contributed by atoms with van der Waals surface area (Å²) in [6.45, 7) is 3.30. The van der Waals surface area contributed by atoms with Gasteiger partial charge in [-0.1, -0.05) is 18.2 Å². The highest BCUT2D eigenvalue weighted by atomic mass is 16.5. The third-order valence-electron chi connectivity index (χ3n) is 2.32. The summed E-state index contributed by atoms with van der Waals surface area (Å²) in [5.74, 6) is 0. The second-order valence-electron chi connectivity index (χ2n) is 3.34. The van der Waals surface area contributed by atoms with Crippen LogP contribution < -0.4 is 5.32 Å². The Labute approximate surface area is 91.4 Å². The van der Waals surface area contributed by atoms with Gasteiger partial charge in [0.15, 0.2) is 0 Å². The summed E-state index contributed by atoms with van der Waals surface area (Å²) in [4.78, 5) is 0. The zero-order valence-corrected chi connectivity index (χ0v) is 9.62. The molecule has 0 fully saturated rings. The number of nitrogens with one attached hydrogen (secondary N) is 1. The molecule has 0 amide bonds. The maximum absolute atomic E-state index is 5.65. The van der Waals surface area contributed by atoms with Crippen LogP contribution in [0.15, 0.2) is 24.3 Å². The van der Waals surface area contributed by atoms with Gasteiger partial charge >= 0.3 is 0 Å². The van der Waals surface area contributed by atoms with Crippen molar-refractivity contribution in [3.05, 3.63) is 29.8 Å². The summed E-state index contributed by atoms with van der Waals surface area (Å²) >= 11 is 0. The lowest BCUT2D eigenvalue weighted by Gasteiger charge is -2.16. The van der Waals surface area contributed by atoms with Gasteiger partial charge in [-0.2, -0.15) is 0 Å². The second kappa shape index (κ2) is 6.43. The van der Waals surface area contributed by atoms with E-state index < -0.39 is 0 Å². The SMILES string of the molecule is CNc1ccccc1C(C)OCCOC. The highest BCUT2D eigenvalue weighted by Gasteiger charge is 2.08. The van der Waals surface area contributed by atoms with Crippen molar-refractivity contribution in [2.75, 3.05) is 32.7 Å². The highest BCUT2D eigenvalue weighted by Crippen LogP contribution is 2.24. The molecule has 3 nitrogen and oxygen atoms in total. The fourth-order valence-corrected chi connectivity index (χ4v) is 1.48. The summed E-state index contributed by atoms with van der Waals surface area (Å²) in [5.41, 5.74) is 2.29. The maximum Gasteiger partial charge on any atom is 0.0817 e. The fraction of sp³-hybridized carbons (Fsp3) is 0.500. The van der Waals surface area contributed by atoms with Gasteiger partial charge in [-0.25, -0.2) is 0 Å². The summed E-state index contributed by atoms with van der Waals surface area (Å²) in [6.07, 6.45) is 0.0869. The van der Waals surface area contributed by atoms with Crippen LogP contribution in [0.3, 0.4) is 0 Å². The van der Waals surface area contributed by atoms with Crippen LogP contribution >= 0.6 is 0 Å². The number of para-hydroxylation sites is 1. The van der Waals surface area contributed by atoms with Crippen LogP contribution in [0.1, 0.15) is 18.6 Å². The minimum absolute atomic E-state index is 0.0869. The maximum atomic E-state index is 5.65. The van der Waals surface area contributed by atoms with E-state index in [2.05, 4.69) is 11.4 Å². The van der Waals surface area contributed by atoms with Gasteiger partial charge in [-0.05, 0) is 13.0 Å². The molecular weight excluding hydrogens is 190 g/mol. The minimum Gasteiger partial charge on any atom is -0.388 e. The first-order valence-corrected chi connectivity index (χ1v) is 5.16. The van der Waals surface area contributed by atoms with Crippen molar-refractivity contribution in [3.8, 4) is 0 Å². The summed E-state index contributed by atoms with van der Waals surface area (Å²) < 4.78 is 10.6. The summed E-state index contributed by atoms with van der Waals surface area (Å²) in [7, 11) is 3.59. The molecule has 1 aromatic rings. The predicted molar refractivity (Wildman–Crippen MR) is 62.2 cm³/mol. The van der Waals surface area contributed by atoms with E-state index in [1.165, 1.54) is 5.56 Å². The Bertz CT molecular complexity index is 289. The molecule has 0 spiro atoms. The third-order valence-corrected chi connectivity index (χ3v) is 2.32. The first-order valence-electron chi connectivity index (χ1n) is 5.16. The number of hydrogen-bond donors (Lipinski definition) is 1. The molecule has 1 atom stereocenters. The topological polar surface area (TPSA) is 30.5 Å². The molecule has 0 aliphatic heterocycles. The van der Waals surface area contributed by atoms with Gasteiger partial charge < -0.3 is 14.8 Å². The zero-order chi connectivity index (χ0) is 11.1. The molecular formula is C12H19NO2. The zero-order valence-electron chi connectivity index (χ0n) is 9.62. The average molecular weight is 209 g/mol. The molecule has 0 bridgehead atoms. The number of methoxy groups -OCH3 is 1. The quantitative estimate of drug-likeness (QED) is 0.730. The van der Waals surface area contributed by atoms with Gasteiger partial charge in [0.05, 0.1) is 19.3 Å². The molecule has 1 rings (SSSR count). The summed E-state index contributed by atoms with van der Waals surface area (Å²) in [5, 5.41) is 3.16. The average Bonchev–Trinajstić information content (AvgIpc) is 2.29. The lowest BCUT2D eigenvalue weighted by atomic mass is 10.1. The number of rotatable bonds is 6. The van der Waals surface area contributed by atoms with Crippen molar-refractivity contribution in [3.63, 3.8) is 0 Å². The Balaban J connectivity index is 2.59. The third kappa shape index (κ3) is 3.53. The largest absolute Gasteiger partial charge is 0.388 e. The van der Waals surface area contributed by atoms with Gasteiger partial charge in [0, 0.05) is 25.4 Å². The monoisotopic (exact) mass is 209 g/mol. The van der Waals surface area contributed by atoms with E-state index in [-0.39, 0.29) is 6.10 Å². The van der Waals surface area contributed by atoms with Crippen molar-refractivity contribution >= 4 is 5.69 Å². The molecule has 1 N–H and O–H groups in total. The minimum atomic E-state index is 0.0869. The Morgan fingerprint density at radius 3 is 2.67 bits per heavy atom. The van der Waals surface area contributed by atoms with E-state index >= 15 is 0 Å². The van der Waals surface area contributed by atoms with Crippen LogP contribution in [0, 0.1) is 0 Å².